The van der Waals surface area contributed by atoms with Crippen molar-refractivity contribution in [2.75, 3.05) is 0 Å². The van der Waals surface area contributed by atoms with E-state index in [1.165, 1.54) is 0 Å². The molecule has 0 aromatic heterocycles. The fourth-order valence-corrected chi connectivity index (χ4v) is 2.01. The van der Waals surface area contributed by atoms with Crippen LogP contribution in [0.5, 0.6) is 0 Å². The second kappa shape index (κ2) is 5.61. The number of hydrogen-bond acceptors (Lipinski definition) is 0. The van der Waals surface area contributed by atoms with Gasteiger partial charge in [-0.3, -0.25) is 0 Å². The summed E-state index contributed by atoms with van der Waals surface area (Å²) in [5.41, 5.74) is -1.02. The number of hydrogen-bond donors (Lipinski definition) is 0. The summed E-state index contributed by atoms with van der Waals surface area (Å²) in [4.78, 5) is 0. The van der Waals surface area contributed by atoms with Crippen molar-refractivity contribution in [3.63, 3.8) is 0 Å². The van der Waals surface area contributed by atoms with Crippen molar-refractivity contribution in [1.82, 2.24) is 0 Å². The molecule has 0 saturated carbocycles. The van der Waals surface area contributed by atoms with Crippen LogP contribution >= 0.6 is 0 Å². The van der Waals surface area contributed by atoms with Gasteiger partial charge in [-0.25, -0.2) is 22.0 Å². The molecule has 0 aliphatic rings. The standard InChI is InChI=1S/C15H11F5/c1-2-3-9-7-12(18)13(15(20)14(9)19)8-4-5-10(16)11(17)6-8/h4-7H,2-3H2,1H3. The molecule has 0 radical (unpaired) electrons. The van der Waals surface area contributed by atoms with Crippen LogP contribution < -0.4 is 0 Å². The van der Waals surface area contributed by atoms with Crippen molar-refractivity contribution in [2.45, 2.75) is 19.8 Å². The van der Waals surface area contributed by atoms with E-state index >= 15 is 0 Å². The Labute approximate surface area is 112 Å². The Morgan fingerprint density at radius 3 is 2.10 bits per heavy atom. The van der Waals surface area contributed by atoms with Crippen molar-refractivity contribution in [2.24, 2.45) is 0 Å². The summed E-state index contributed by atoms with van der Waals surface area (Å²) in [7, 11) is 0. The lowest BCUT2D eigenvalue weighted by atomic mass is 9.99. The first-order valence-electron chi connectivity index (χ1n) is 6.07. The van der Waals surface area contributed by atoms with Crippen LogP contribution in [0, 0.1) is 29.1 Å². The molecule has 0 fully saturated rings. The van der Waals surface area contributed by atoms with E-state index in [0.717, 1.165) is 18.2 Å². The van der Waals surface area contributed by atoms with Gasteiger partial charge in [-0.05, 0) is 35.7 Å². The molecule has 0 aliphatic heterocycles. The second-order valence-electron chi connectivity index (χ2n) is 4.40. The number of rotatable bonds is 3. The molecule has 0 unspecified atom stereocenters. The Balaban J connectivity index is 2.62. The van der Waals surface area contributed by atoms with Crippen LogP contribution in [-0.4, -0.2) is 0 Å². The van der Waals surface area contributed by atoms with Crippen molar-refractivity contribution >= 4 is 0 Å². The van der Waals surface area contributed by atoms with Gasteiger partial charge in [-0.2, -0.15) is 0 Å². The van der Waals surface area contributed by atoms with Crippen molar-refractivity contribution in [3.05, 3.63) is 58.9 Å². The van der Waals surface area contributed by atoms with Crippen LogP contribution in [0.15, 0.2) is 24.3 Å². The quantitative estimate of drug-likeness (QED) is 0.550. The average molecular weight is 286 g/mol. The van der Waals surface area contributed by atoms with Gasteiger partial charge >= 0.3 is 0 Å². The highest BCUT2D eigenvalue weighted by Crippen LogP contribution is 2.31. The van der Waals surface area contributed by atoms with Crippen LogP contribution in [0.4, 0.5) is 22.0 Å². The summed E-state index contributed by atoms with van der Waals surface area (Å²) >= 11 is 0. The minimum Gasteiger partial charge on any atom is -0.206 e. The molecule has 0 atom stereocenters. The zero-order valence-corrected chi connectivity index (χ0v) is 10.6. The smallest absolute Gasteiger partial charge is 0.169 e. The Morgan fingerprint density at radius 1 is 0.800 bits per heavy atom. The molecule has 0 N–H and O–H groups in total. The molecular weight excluding hydrogens is 275 g/mol. The predicted molar refractivity (Wildman–Crippen MR) is 65.7 cm³/mol. The SMILES string of the molecule is CCCc1cc(F)c(-c2ccc(F)c(F)c2)c(F)c1F. The molecule has 2 aromatic rings. The molecule has 0 nitrogen and oxygen atoms in total. The van der Waals surface area contributed by atoms with Gasteiger partial charge in [0.1, 0.15) is 5.82 Å². The van der Waals surface area contributed by atoms with Gasteiger partial charge in [0.05, 0.1) is 5.56 Å². The Morgan fingerprint density at radius 2 is 1.50 bits per heavy atom. The highest BCUT2D eigenvalue weighted by Gasteiger charge is 2.20. The number of halogens is 5. The minimum absolute atomic E-state index is 0.0752. The van der Waals surface area contributed by atoms with Gasteiger partial charge in [0.15, 0.2) is 23.3 Å². The van der Waals surface area contributed by atoms with Gasteiger partial charge in [-0.1, -0.05) is 19.4 Å². The van der Waals surface area contributed by atoms with E-state index in [-0.39, 0.29) is 17.5 Å². The van der Waals surface area contributed by atoms with E-state index < -0.39 is 34.6 Å². The zero-order valence-electron chi connectivity index (χ0n) is 10.6. The van der Waals surface area contributed by atoms with Crippen LogP contribution in [0.25, 0.3) is 11.1 Å². The summed E-state index contributed by atoms with van der Waals surface area (Å²) in [6.45, 7) is 1.75. The summed E-state index contributed by atoms with van der Waals surface area (Å²) in [5.74, 6) is -5.94. The van der Waals surface area contributed by atoms with Gasteiger partial charge in [-0.15, -0.1) is 0 Å². The van der Waals surface area contributed by atoms with Crippen molar-refractivity contribution < 1.29 is 22.0 Å². The predicted octanol–water partition coefficient (Wildman–Crippen LogP) is 5.00. The molecule has 20 heavy (non-hydrogen) atoms. The van der Waals surface area contributed by atoms with E-state index in [9.17, 15) is 22.0 Å². The molecule has 0 aliphatic carbocycles. The second-order valence-corrected chi connectivity index (χ2v) is 4.40. The average Bonchev–Trinajstić information content (AvgIpc) is 2.40. The van der Waals surface area contributed by atoms with Gasteiger partial charge in [0.25, 0.3) is 0 Å². The van der Waals surface area contributed by atoms with E-state index in [4.69, 9.17) is 0 Å². The van der Waals surface area contributed by atoms with Crippen LogP contribution in [0.3, 0.4) is 0 Å². The summed E-state index contributed by atoms with van der Waals surface area (Å²) in [6.07, 6.45) is 0.720. The Kier molecular flexibility index (Phi) is 4.06. The maximum absolute atomic E-state index is 13.9. The zero-order chi connectivity index (χ0) is 14.9. The molecule has 5 heteroatoms. The molecule has 0 saturated heterocycles. The topological polar surface area (TPSA) is 0 Å². The van der Waals surface area contributed by atoms with Gasteiger partial charge in [0, 0.05) is 0 Å². The maximum atomic E-state index is 13.9. The highest BCUT2D eigenvalue weighted by atomic mass is 19.2. The lowest BCUT2D eigenvalue weighted by molar-refractivity contribution is 0.487. The third-order valence-electron chi connectivity index (χ3n) is 2.96. The third kappa shape index (κ3) is 2.53. The van der Waals surface area contributed by atoms with Crippen LogP contribution in [0.1, 0.15) is 18.9 Å². The molecule has 2 rings (SSSR count). The van der Waals surface area contributed by atoms with Crippen molar-refractivity contribution in [3.8, 4) is 11.1 Å². The Bertz CT molecular complexity index is 649. The summed E-state index contributed by atoms with van der Waals surface area (Å²) < 4.78 is 67.6. The van der Waals surface area contributed by atoms with E-state index in [2.05, 4.69) is 0 Å². The molecule has 0 spiro atoms. The van der Waals surface area contributed by atoms with E-state index in [1.807, 2.05) is 0 Å². The molecule has 0 heterocycles. The molecule has 0 amide bonds. The van der Waals surface area contributed by atoms with Crippen LogP contribution in [-0.2, 0) is 6.42 Å². The van der Waals surface area contributed by atoms with Crippen LogP contribution in [0.2, 0.25) is 0 Å². The van der Waals surface area contributed by atoms with Crippen molar-refractivity contribution in [1.29, 1.82) is 0 Å². The fourth-order valence-electron chi connectivity index (χ4n) is 2.01. The molecule has 2 aromatic carbocycles. The summed E-state index contributed by atoms with van der Waals surface area (Å²) in [6, 6.07) is 3.26. The molecule has 106 valence electrons. The maximum Gasteiger partial charge on any atom is 0.169 e. The molecule has 0 bridgehead atoms. The first kappa shape index (κ1) is 14.5. The monoisotopic (exact) mass is 286 g/mol. The van der Waals surface area contributed by atoms with E-state index in [0.29, 0.717) is 12.5 Å². The normalized spacial score (nSPS) is 10.9. The Hall–Kier alpha value is -1.91. The number of benzene rings is 2. The minimum atomic E-state index is -1.39. The largest absolute Gasteiger partial charge is 0.206 e. The lowest BCUT2D eigenvalue weighted by Crippen LogP contribution is -2.01. The lowest BCUT2D eigenvalue weighted by Gasteiger charge is -2.10. The van der Waals surface area contributed by atoms with Gasteiger partial charge in [0.2, 0.25) is 0 Å². The molecular formula is C15H11F5. The fraction of sp³-hybridized carbons (Fsp3) is 0.200. The third-order valence-corrected chi connectivity index (χ3v) is 2.96. The van der Waals surface area contributed by atoms with Gasteiger partial charge < -0.3 is 0 Å². The summed E-state index contributed by atoms with van der Waals surface area (Å²) in [5, 5.41) is 0. The highest BCUT2D eigenvalue weighted by molar-refractivity contribution is 5.65. The first-order valence-corrected chi connectivity index (χ1v) is 6.07. The number of aryl methyl sites for hydroxylation is 1. The first-order chi connectivity index (χ1) is 9.45. The van der Waals surface area contributed by atoms with E-state index in [1.54, 1.807) is 6.92 Å².